The van der Waals surface area contributed by atoms with Gasteiger partial charge in [-0.2, -0.15) is 0 Å². The lowest BCUT2D eigenvalue weighted by molar-refractivity contribution is 0.00578. The standard InChI is InChI=1S/C35H29BFN3O2/c1-34(2)35(3,4)42-36(41-34)29-21-26(17-19-30(29)37)33-39-31(23-11-6-5-7-12-23)38-32(40-33)25-16-18-28-24(20-25)15-14-22-10-8-9-13-27(22)28/h5-21H,1-4H3. The van der Waals surface area contributed by atoms with Crippen molar-refractivity contribution in [2.24, 2.45) is 0 Å². The van der Waals surface area contributed by atoms with E-state index in [-0.39, 0.29) is 0 Å². The summed E-state index contributed by atoms with van der Waals surface area (Å²) in [6.45, 7) is 7.80. The fourth-order valence-electron chi connectivity index (χ4n) is 5.34. The second kappa shape index (κ2) is 9.83. The third kappa shape index (κ3) is 4.55. The molecule has 0 bridgehead atoms. The average Bonchev–Trinajstić information content (AvgIpc) is 3.23. The zero-order chi connectivity index (χ0) is 29.1. The van der Waals surface area contributed by atoms with E-state index in [9.17, 15) is 0 Å². The van der Waals surface area contributed by atoms with Crippen molar-refractivity contribution >= 4 is 34.1 Å². The van der Waals surface area contributed by atoms with E-state index in [1.165, 1.54) is 22.2 Å². The minimum Gasteiger partial charge on any atom is -0.399 e. The van der Waals surface area contributed by atoms with Gasteiger partial charge in [0, 0.05) is 22.2 Å². The van der Waals surface area contributed by atoms with Gasteiger partial charge < -0.3 is 9.31 Å². The number of hydrogen-bond acceptors (Lipinski definition) is 5. The molecule has 0 radical (unpaired) electrons. The predicted molar refractivity (Wildman–Crippen MR) is 167 cm³/mol. The molecule has 0 aliphatic carbocycles. The Labute approximate surface area is 244 Å². The van der Waals surface area contributed by atoms with E-state index in [0.29, 0.717) is 28.5 Å². The zero-order valence-electron chi connectivity index (χ0n) is 23.9. The molecule has 5 aromatic carbocycles. The van der Waals surface area contributed by atoms with Crippen LogP contribution in [0.1, 0.15) is 27.7 Å². The molecule has 0 unspecified atom stereocenters. The molecule has 0 N–H and O–H groups in total. The summed E-state index contributed by atoms with van der Waals surface area (Å²) in [6.07, 6.45) is 0. The minimum absolute atomic E-state index is 0.312. The monoisotopic (exact) mass is 553 g/mol. The van der Waals surface area contributed by atoms with Gasteiger partial charge >= 0.3 is 7.12 Å². The van der Waals surface area contributed by atoms with E-state index in [0.717, 1.165) is 16.5 Å². The molecule has 1 fully saturated rings. The molecule has 1 aliphatic rings. The summed E-state index contributed by atoms with van der Waals surface area (Å²) in [5, 5.41) is 4.66. The molecule has 0 spiro atoms. The highest BCUT2D eigenvalue weighted by molar-refractivity contribution is 6.62. The minimum atomic E-state index is -0.847. The van der Waals surface area contributed by atoms with Gasteiger partial charge in [-0.25, -0.2) is 19.3 Å². The third-order valence-electron chi connectivity index (χ3n) is 8.43. The molecule has 7 heteroatoms. The van der Waals surface area contributed by atoms with Crippen LogP contribution in [0.15, 0.2) is 103 Å². The Bertz CT molecular complexity index is 1960. The summed E-state index contributed by atoms with van der Waals surface area (Å²) >= 11 is 0. The van der Waals surface area contributed by atoms with E-state index in [1.54, 1.807) is 12.1 Å². The largest absolute Gasteiger partial charge is 0.497 e. The molecule has 7 rings (SSSR count). The van der Waals surface area contributed by atoms with Gasteiger partial charge in [-0.3, -0.25) is 0 Å². The second-order valence-corrected chi connectivity index (χ2v) is 11.7. The normalized spacial score (nSPS) is 15.9. The maximum Gasteiger partial charge on any atom is 0.497 e. The van der Waals surface area contributed by atoms with E-state index in [1.807, 2.05) is 70.2 Å². The summed E-state index contributed by atoms with van der Waals surface area (Å²) in [5.74, 6) is 1.11. The summed E-state index contributed by atoms with van der Waals surface area (Å²) in [6, 6.07) is 33.5. The first-order valence-corrected chi connectivity index (χ1v) is 14.1. The Hall–Kier alpha value is -4.46. The molecule has 1 saturated heterocycles. The van der Waals surface area contributed by atoms with Crippen LogP contribution in [0.5, 0.6) is 0 Å². The molecule has 2 heterocycles. The maximum absolute atomic E-state index is 15.2. The van der Waals surface area contributed by atoms with Crippen molar-refractivity contribution in [2.45, 2.75) is 38.9 Å². The first-order valence-electron chi connectivity index (χ1n) is 14.1. The number of benzene rings is 5. The Morgan fingerprint density at radius 2 is 1.10 bits per heavy atom. The molecular weight excluding hydrogens is 524 g/mol. The van der Waals surface area contributed by atoms with Gasteiger partial charge in [0.2, 0.25) is 0 Å². The van der Waals surface area contributed by atoms with Gasteiger partial charge in [-0.15, -0.1) is 0 Å². The second-order valence-electron chi connectivity index (χ2n) is 11.7. The molecule has 42 heavy (non-hydrogen) atoms. The summed E-state index contributed by atoms with van der Waals surface area (Å²) in [7, 11) is -0.847. The van der Waals surface area contributed by atoms with Crippen LogP contribution < -0.4 is 5.46 Å². The maximum atomic E-state index is 15.2. The number of halogens is 1. The average molecular weight is 553 g/mol. The summed E-state index contributed by atoms with van der Waals surface area (Å²) < 4.78 is 27.5. The van der Waals surface area contributed by atoms with Crippen molar-refractivity contribution in [2.75, 3.05) is 0 Å². The Morgan fingerprint density at radius 3 is 1.81 bits per heavy atom. The van der Waals surface area contributed by atoms with Crippen LogP contribution in [-0.2, 0) is 9.31 Å². The Morgan fingerprint density at radius 1 is 0.548 bits per heavy atom. The molecule has 5 nitrogen and oxygen atoms in total. The van der Waals surface area contributed by atoms with Gasteiger partial charge in [-0.1, -0.05) is 78.9 Å². The quantitative estimate of drug-likeness (QED) is 0.166. The highest BCUT2D eigenvalue weighted by Gasteiger charge is 2.52. The smallest absolute Gasteiger partial charge is 0.399 e. The van der Waals surface area contributed by atoms with Gasteiger partial charge in [-0.05, 0) is 73.5 Å². The van der Waals surface area contributed by atoms with E-state index in [4.69, 9.17) is 24.3 Å². The zero-order valence-corrected chi connectivity index (χ0v) is 23.9. The van der Waals surface area contributed by atoms with Crippen molar-refractivity contribution in [1.82, 2.24) is 15.0 Å². The molecule has 206 valence electrons. The first-order chi connectivity index (χ1) is 20.2. The molecule has 0 saturated carbocycles. The van der Waals surface area contributed by atoms with Gasteiger partial charge in [0.25, 0.3) is 0 Å². The van der Waals surface area contributed by atoms with E-state index in [2.05, 4.69) is 42.5 Å². The van der Waals surface area contributed by atoms with Crippen LogP contribution in [0, 0.1) is 5.82 Å². The third-order valence-corrected chi connectivity index (χ3v) is 8.43. The van der Waals surface area contributed by atoms with Gasteiger partial charge in [0.1, 0.15) is 5.82 Å². The summed E-state index contributed by atoms with van der Waals surface area (Å²) in [4.78, 5) is 14.6. The van der Waals surface area contributed by atoms with Crippen molar-refractivity contribution in [3.8, 4) is 34.2 Å². The first kappa shape index (κ1) is 26.4. The molecule has 6 aromatic rings. The van der Waals surface area contributed by atoms with Crippen molar-refractivity contribution in [3.05, 3.63) is 109 Å². The van der Waals surface area contributed by atoms with Crippen molar-refractivity contribution in [1.29, 1.82) is 0 Å². The topological polar surface area (TPSA) is 57.1 Å². The van der Waals surface area contributed by atoms with Crippen LogP contribution in [-0.4, -0.2) is 33.3 Å². The predicted octanol–water partition coefficient (Wildman–Crippen LogP) is 7.62. The van der Waals surface area contributed by atoms with E-state index >= 15 is 4.39 Å². The number of nitrogens with zero attached hydrogens (tertiary/aromatic N) is 3. The van der Waals surface area contributed by atoms with Crippen LogP contribution >= 0.6 is 0 Å². The lowest BCUT2D eigenvalue weighted by atomic mass is 9.78. The lowest BCUT2D eigenvalue weighted by Crippen LogP contribution is -2.41. The number of hydrogen-bond donors (Lipinski definition) is 0. The fourth-order valence-corrected chi connectivity index (χ4v) is 5.34. The van der Waals surface area contributed by atoms with Crippen LogP contribution in [0.4, 0.5) is 4.39 Å². The summed E-state index contributed by atoms with van der Waals surface area (Å²) in [5.41, 5.74) is 1.50. The molecule has 0 amide bonds. The molecule has 1 aromatic heterocycles. The molecule has 0 atom stereocenters. The van der Waals surface area contributed by atoms with Crippen LogP contribution in [0.3, 0.4) is 0 Å². The SMILES string of the molecule is CC1(C)OB(c2cc(-c3nc(-c4ccccc4)nc(-c4ccc5c(ccc6ccccc65)c4)n3)ccc2F)OC1(C)C. The van der Waals surface area contributed by atoms with Crippen molar-refractivity contribution < 1.29 is 13.7 Å². The highest BCUT2D eigenvalue weighted by atomic mass is 19.1. The number of aromatic nitrogens is 3. The van der Waals surface area contributed by atoms with Crippen LogP contribution in [0.2, 0.25) is 0 Å². The van der Waals surface area contributed by atoms with Gasteiger partial charge in [0.15, 0.2) is 17.5 Å². The Balaban J connectivity index is 1.36. The van der Waals surface area contributed by atoms with E-state index < -0.39 is 24.1 Å². The van der Waals surface area contributed by atoms with Crippen LogP contribution in [0.25, 0.3) is 55.7 Å². The fraction of sp³-hybridized carbons (Fsp3) is 0.171. The highest BCUT2D eigenvalue weighted by Crippen LogP contribution is 2.37. The van der Waals surface area contributed by atoms with Gasteiger partial charge in [0.05, 0.1) is 11.2 Å². The lowest BCUT2D eigenvalue weighted by Gasteiger charge is -2.32. The molecular formula is C35H29BFN3O2. The number of fused-ring (bicyclic) bond motifs is 3. The molecule has 1 aliphatic heterocycles. The number of rotatable bonds is 4. The van der Waals surface area contributed by atoms with Crippen molar-refractivity contribution in [3.63, 3.8) is 0 Å². The Kier molecular flexibility index (Phi) is 6.19.